The molecule has 7 rings (SSSR count). The number of benzene rings is 6. The van der Waals surface area contributed by atoms with E-state index in [1.807, 2.05) is 0 Å². The van der Waals surface area contributed by atoms with Crippen LogP contribution in [0.4, 0.5) is 0 Å². The zero-order chi connectivity index (χ0) is 26.4. The molecule has 6 aromatic carbocycles. The molecule has 0 aromatic heterocycles. The summed E-state index contributed by atoms with van der Waals surface area (Å²) >= 11 is 7.68. The van der Waals surface area contributed by atoms with Crippen LogP contribution in [0.15, 0.2) is 155 Å². The molecule has 0 unspecified atom stereocenters. The summed E-state index contributed by atoms with van der Waals surface area (Å²) in [6, 6.07) is 52.9. The maximum atomic E-state index is 3.84. The summed E-state index contributed by atoms with van der Waals surface area (Å²) in [5, 5.41) is 0. The average molecular weight is 628 g/mol. The highest BCUT2D eigenvalue weighted by atomic mass is 79.9. The van der Waals surface area contributed by atoms with E-state index in [-0.39, 0.29) is 0 Å². The van der Waals surface area contributed by atoms with Gasteiger partial charge in [-0.15, -0.1) is 0 Å². The molecule has 0 nitrogen and oxygen atoms in total. The molecule has 0 radical (unpaired) electrons. The first-order valence-electron chi connectivity index (χ1n) is 13.1. The molecule has 0 aliphatic heterocycles. The fourth-order valence-electron chi connectivity index (χ4n) is 6.35. The first-order valence-corrected chi connectivity index (χ1v) is 14.7. The van der Waals surface area contributed by atoms with Crippen LogP contribution in [-0.2, 0) is 5.41 Å². The highest BCUT2D eigenvalue weighted by Crippen LogP contribution is 2.60. The van der Waals surface area contributed by atoms with Gasteiger partial charge in [0.1, 0.15) is 0 Å². The summed E-state index contributed by atoms with van der Waals surface area (Å²) in [5.74, 6) is 0. The topological polar surface area (TPSA) is 0 Å². The fourth-order valence-corrected chi connectivity index (χ4v) is 7.07. The zero-order valence-corrected chi connectivity index (χ0v) is 24.3. The van der Waals surface area contributed by atoms with E-state index >= 15 is 0 Å². The molecule has 0 spiro atoms. The monoisotopic (exact) mass is 626 g/mol. The van der Waals surface area contributed by atoms with E-state index in [2.05, 4.69) is 177 Å². The third-order valence-electron chi connectivity index (χ3n) is 7.89. The highest BCUT2D eigenvalue weighted by molar-refractivity contribution is 9.10. The van der Waals surface area contributed by atoms with E-state index in [9.17, 15) is 0 Å². The molecule has 0 heterocycles. The van der Waals surface area contributed by atoms with Gasteiger partial charge in [0.25, 0.3) is 0 Å². The standard InChI is InChI=1S/C37H24Br2/c38-27-19-21-31-32-22-20-28(39)24-36(32)37(35(31)23-27,33-17-9-7-15-29(33)25-11-3-1-4-12-25)34-18-10-8-16-30(34)26-13-5-2-6-14-26/h1-24H. The van der Waals surface area contributed by atoms with Gasteiger partial charge in [0, 0.05) is 8.95 Å². The van der Waals surface area contributed by atoms with Gasteiger partial charge in [-0.2, -0.15) is 0 Å². The van der Waals surface area contributed by atoms with Crippen LogP contribution in [0.5, 0.6) is 0 Å². The molecule has 6 aromatic rings. The minimum atomic E-state index is -0.545. The van der Waals surface area contributed by atoms with E-state index < -0.39 is 5.41 Å². The van der Waals surface area contributed by atoms with Crippen molar-refractivity contribution < 1.29 is 0 Å². The third-order valence-corrected chi connectivity index (χ3v) is 8.88. The van der Waals surface area contributed by atoms with Crippen LogP contribution in [0.3, 0.4) is 0 Å². The molecule has 186 valence electrons. The van der Waals surface area contributed by atoms with Gasteiger partial charge in [-0.3, -0.25) is 0 Å². The van der Waals surface area contributed by atoms with Gasteiger partial charge >= 0.3 is 0 Å². The van der Waals surface area contributed by atoms with Gasteiger partial charge in [-0.25, -0.2) is 0 Å². The number of halogens is 2. The summed E-state index contributed by atoms with van der Waals surface area (Å²) in [4.78, 5) is 0. The van der Waals surface area contributed by atoms with Gasteiger partial charge < -0.3 is 0 Å². The van der Waals surface area contributed by atoms with Crippen LogP contribution in [0.2, 0.25) is 0 Å². The van der Waals surface area contributed by atoms with Gasteiger partial charge in [0.15, 0.2) is 0 Å². The Morgan fingerprint density at radius 2 is 0.718 bits per heavy atom. The second-order valence-corrected chi connectivity index (χ2v) is 11.8. The molecular formula is C37H24Br2. The number of fused-ring (bicyclic) bond motifs is 3. The smallest absolute Gasteiger partial charge is 0.0622 e. The predicted octanol–water partition coefficient (Wildman–Crippen LogP) is 10.9. The summed E-state index contributed by atoms with van der Waals surface area (Å²) in [6.07, 6.45) is 0. The Morgan fingerprint density at radius 3 is 1.15 bits per heavy atom. The van der Waals surface area contributed by atoms with E-state index in [1.54, 1.807) is 0 Å². The van der Waals surface area contributed by atoms with Crippen molar-refractivity contribution in [3.8, 4) is 33.4 Å². The van der Waals surface area contributed by atoms with Crippen molar-refractivity contribution in [2.24, 2.45) is 0 Å². The highest BCUT2D eigenvalue weighted by Gasteiger charge is 2.48. The Kier molecular flexibility index (Phi) is 6.11. The molecule has 0 N–H and O–H groups in total. The van der Waals surface area contributed by atoms with E-state index in [0.717, 1.165) is 8.95 Å². The van der Waals surface area contributed by atoms with Crippen molar-refractivity contribution in [3.63, 3.8) is 0 Å². The first-order chi connectivity index (χ1) is 19.2. The van der Waals surface area contributed by atoms with Crippen molar-refractivity contribution in [1.82, 2.24) is 0 Å². The van der Waals surface area contributed by atoms with Crippen LogP contribution in [0, 0.1) is 0 Å². The molecule has 0 saturated heterocycles. The van der Waals surface area contributed by atoms with Gasteiger partial charge in [-0.1, -0.05) is 153 Å². The predicted molar refractivity (Wildman–Crippen MR) is 170 cm³/mol. The lowest BCUT2D eigenvalue weighted by Crippen LogP contribution is -2.30. The minimum absolute atomic E-state index is 0.545. The quantitative estimate of drug-likeness (QED) is 0.182. The average Bonchev–Trinajstić information content (AvgIpc) is 3.27. The fraction of sp³-hybridized carbons (Fsp3) is 0.0270. The second kappa shape index (κ2) is 9.79. The summed E-state index contributed by atoms with van der Waals surface area (Å²) in [5.41, 5.74) is 12.0. The summed E-state index contributed by atoms with van der Waals surface area (Å²) in [6.45, 7) is 0. The van der Waals surface area contributed by atoms with Crippen LogP contribution in [-0.4, -0.2) is 0 Å². The Bertz CT molecular complexity index is 1680. The van der Waals surface area contributed by atoms with E-state index in [0.29, 0.717) is 0 Å². The van der Waals surface area contributed by atoms with Gasteiger partial charge in [0.2, 0.25) is 0 Å². The maximum absolute atomic E-state index is 3.84. The van der Waals surface area contributed by atoms with Crippen molar-refractivity contribution >= 4 is 31.9 Å². The number of rotatable bonds is 4. The maximum Gasteiger partial charge on any atom is 0.0726 e. The summed E-state index contributed by atoms with van der Waals surface area (Å²) in [7, 11) is 0. The third kappa shape index (κ3) is 3.85. The Labute approximate surface area is 246 Å². The van der Waals surface area contributed by atoms with Gasteiger partial charge in [0.05, 0.1) is 5.41 Å². The van der Waals surface area contributed by atoms with Crippen LogP contribution in [0.25, 0.3) is 33.4 Å². The molecule has 0 fully saturated rings. The molecule has 0 atom stereocenters. The molecule has 2 heteroatoms. The van der Waals surface area contributed by atoms with E-state index in [4.69, 9.17) is 0 Å². The molecule has 39 heavy (non-hydrogen) atoms. The van der Waals surface area contributed by atoms with Gasteiger partial charge in [-0.05, 0) is 79.9 Å². The lowest BCUT2D eigenvalue weighted by molar-refractivity contribution is 0.771. The first kappa shape index (κ1) is 24.3. The lowest BCUT2D eigenvalue weighted by atomic mass is 9.64. The Hall–Kier alpha value is -3.72. The lowest BCUT2D eigenvalue weighted by Gasteiger charge is -2.37. The van der Waals surface area contributed by atoms with Crippen molar-refractivity contribution in [2.45, 2.75) is 5.41 Å². The Morgan fingerprint density at radius 1 is 0.333 bits per heavy atom. The Balaban J connectivity index is 1.70. The van der Waals surface area contributed by atoms with Crippen LogP contribution >= 0.6 is 31.9 Å². The molecule has 1 aliphatic carbocycles. The SMILES string of the molecule is Brc1ccc2c(c1)C(c1ccccc1-c1ccccc1)(c1ccccc1-c1ccccc1)c1cc(Br)ccc1-2. The second-order valence-electron chi connectivity index (χ2n) is 9.95. The molecule has 0 amide bonds. The normalized spacial score (nSPS) is 13.1. The largest absolute Gasteiger partial charge is 0.0726 e. The van der Waals surface area contributed by atoms with Crippen molar-refractivity contribution in [3.05, 3.63) is 177 Å². The number of hydrogen-bond acceptors (Lipinski definition) is 0. The molecule has 0 bridgehead atoms. The van der Waals surface area contributed by atoms with Crippen LogP contribution in [0.1, 0.15) is 22.3 Å². The summed E-state index contributed by atoms with van der Waals surface area (Å²) < 4.78 is 2.15. The molecular weight excluding hydrogens is 604 g/mol. The molecule has 0 saturated carbocycles. The van der Waals surface area contributed by atoms with Crippen molar-refractivity contribution in [1.29, 1.82) is 0 Å². The molecule has 1 aliphatic rings. The minimum Gasteiger partial charge on any atom is -0.0622 e. The van der Waals surface area contributed by atoms with E-state index in [1.165, 1.54) is 55.6 Å². The van der Waals surface area contributed by atoms with Crippen LogP contribution < -0.4 is 0 Å². The van der Waals surface area contributed by atoms with Crippen molar-refractivity contribution in [2.75, 3.05) is 0 Å². The zero-order valence-electron chi connectivity index (χ0n) is 21.1. The number of hydrogen-bond donors (Lipinski definition) is 0.